The summed E-state index contributed by atoms with van der Waals surface area (Å²) in [6.45, 7) is 2.27. The zero-order valence-electron chi connectivity index (χ0n) is 8.31. The first kappa shape index (κ1) is 10.1. The molecule has 0 aliphatic rings. The third kappa shape index (κ3) is 2.00. The molecular weight excluding hydrogens is 212 g/mol. The van der Waals surface area contributed by atoms with Gasteiger partial charge in [0.2, 0.25) is 0 Å². The molecule has 0 radical (unpaired) electrons. The van der Waals surface area contributed by atoms with Crippen LogP contribution in [0, 0.1) is 6.92 Å². The Balaban J connectivity index is 2.44. The average Bonchev–Trinajstić information content (AvgIpc) is 2.59. The second kappa shape index (κ2) is 4.00. The fraction of sp³-hybridized carbons (Fsp3) is 0.200. The van der Waals surface area contributed by atoms with Gasteiger partial charge in [-0.3, -0.25) is 0 Å². The number of nitrogens with two attached hydrogens (primary N) is 1. The van der Waals surface area contributed by atoms with Crippen LogP contribution in [0.2, 0.25) is 5.02 Å². The van der Waals surface area contributed by atoms with Gasteiger partial charge >= 0.3 is 0 Å². The van der Waals surface area contributed by atoms with Gasteiger partial charge in [-0.15, -0.1) is 0 Å². The SMILES string of the molecule is Cc1nn(-c2cccc(CN)n2)cc1Cl. The van der Waals surface area contributed by atoms with Crippen LogP contribution in [0.15, 0.2) is 24.4 Å². The van der Waals surface area contributed by atoms with E-state index in [1.165, 1.54) is 0 Å². The summed E-state index contributed by atoms with van der Waals surface area (Å²) in [6, 6.07) is 5.64. The number of aromatic nitrogens is 3. The van der Waals surface area contributed by atoms with Gasteiger partial charge in [0.15, 0.2) is 5.82 Å². The molecule has 2 heterocycles. The summed E-state index contributed by atoms with van der Waals surface area (Å²) in [7, 11) is 0. The zero-order valence-corrected chi connectivity index (χ0v) is 9.07. The molecule has 0 saturated carbocycles. The first-order chi connectivity index (χ1) is 7.20. The highest BCUT2D eigenvalue weighted by Gasteiger charge is 2.04. The molecule has 5 heteroatoms. The van der Waals surface area contributed by atoms with Crippen LogP contribution < -0.4 is 5.73 Å². The first-order valence-electron chi connectivity index (χ1n) is 4.59. The number of aryl methyl sites for hydroxylation is 1. The quantitative estimate of drug-likeness (QED) is 0.841. The number of hydrogen-bond acceptors (Lipinski definition) is 3. The predicted octanol–water partition coefficient (Wildman–Crippen LogP) is 1.69. The number of rotatable bonds is 2. The molecule has 4 nitrogen and oxygen atoms in total. The Kier molecular flexibility index (Phi) is 2.70. The third-order valence-electron chi connectivity index (χ3n) is 2.07. The van der Waals surface area contributed by atoms with Crippen molar-refractivity contribution in [1.29, 1.82) is 0 Å². The summed E-state index contributed by atoms with van der Waals surface area (Å²) in [5.41, 5.74) is 7.13. The van der Waals surface area contributed by atoms with Crippen LogP contribution in [0.4, 0.5) is 0 Å². The van der Waals surface area contributed by atoms with E-state index in [1.807, 2.05) is 25.1 Å². The van der Waals surface area contributed by atoms with Crippen molar-refractivity contribution in [2.24, 2.45) is 5.73 Å². The topological polar surface area (TPSA) is 56.7 Å². The van der Waals surface area contributed by atoms with Gasteiger partial charge in [0.25, 0.3) is 0 Å². The summed E-state index contributed by atoms with van der Waals surface area (Å²) in [6.07, 6.45) is 1.74. The van der Waals surface area contributed by atoms with Crippen molar-refractivity contribution in [3.8, 4) is 5.82 Å². The highest BCUT2D eigenvalue weighted by molar-refractivity contribution is 6.31. The fourth-order valence-corrected chi connectivity index (χ4v) is 1.39. The number of hydrogen-bond donors (Lipinski definition) is 1. The van der Waals surface area contributed by atoms with Crippen molar-refractivity contribution < 1.29 is 0 Å². The summed E-state index contributed by atoms with van der Waals surface area (Å²) in [5.74, 6) is 0.730. The highest BCUT2D eigenvalue weighted by atomic mass is 35.5. The highest BCUT2D eigenvalue weighted by Crippen LogP contribution is 2.15. The first-order valence-corrected chi connectivity index (χ1v) is 4.96. The molecule has 0 aliphatic heterocycles. The van der Waals surface area contributed by atoms with E-state index in [9.17, 15) is 0 Å². The van der Waals surface area contributed by atoms with Crippen LogP contribution in [0.1, 0.15) is 11.4 Å². The normalized spacial score (nSPS) is 10.6. The molecule has 0 bridgehead atoms. The Morgan fingerprint density at radius 3 is 2.87 bits per heavy atom. The Morgan fingerprint density at radius 1 is 1.47 bits per heavy atom. The zero-order chi connectivity index (χ0) is 10.8. The van der Waals surface area contributed by atoms with E-state index in [0.29, 0.717) is 11.6 Å². The lowest BCUT2D eigenvalue weighted by Crippen LogP contribution is -2.04. The molecule has 0 fully saturated rings. The second-order valence-corrected chi connectivity index (χ2v) is 3.61. The number of halogens is 1. The lowest BCUT2D eigenvalue weighted by Gasteiger charge is -2.01. The number of nitrogens with zero attached hydrogens (tertiary/aromatic N) is 3. The molecule has 0 aliphatic carbocycles. The summed E-state index contributed by atoms with van der Waals surface area (Å²) < 4.78 is 1.65. The van der Waals surface area contributed by atoms with E-state index in [4.69, 9.17) is 17.3 Å². The summed E-state index contributed by atoms with van der Waals surface area (Å²) in [5, 5.41) is 4.87. The lowest BCUT2D eigenvalue weighted by atomic mass is 10.3. The predicted molar refractivity (Wildman–Crippen MR) is 59.0 cm³/mol. The minimum atomic E-state index is 0.418. The van der Waals surface area contributed by atoms with E-state index < -0.39 is 0 Å². The largest absolute Gasteiger partial charge is 0.325 e. The summed E-state index contributed by atoms with van der Waals surface area (Å²) in [4.78, 5) is 4.33. The minimum absolute atomic E-state index is 0.418. The maximum Gasteiger partial charge on any atom is 0.153 e. The molecule has 0 saturated heterocycles. The van der Waals surface area contributed by atoms with Crippen LogP contribution >= 0.6 is 11.6 Å². The second-order valence-electron chi connectivity index (χ2n) is 3.20. The van der Waals surface area contributed by atoms with E-state index in [-0.39, 0.29) is 0 Å². The van der Waals surface area contributed by atoms with E-state index in [1.54, 1.807) is 10.9 Å². The maximum absolute atomic E-state index is 5.92. The standard InChI is InChI=1S/C10H11ClN4/c1-7-9(11)6-15(14-7)10-4-2-3-8(5-12)13-10/h2-4,6H,5,12H2,1H3. The van der Waals surface area contributed by atoms with Crippen molar-refractivity contribution in [2.45, 2.75) is 13.5 Å². The van der Waals surface area contributed by atoms with Gasteiger partial charge in [-0.25, -0.2) is 9.67 Å². The Labute approximate surface area is 92.7 Å². The van der Waals surface area contributed by atoms with Gasteiger partial charge in [0.1, 0.15) is 0 Å². The molecule has 0 spiro atoms. The average molecular weight is 223 g/mol. The van der Waals surface area contributed by atoms with Crippen molar-refractivity contribution in [1.82, 2.24) is 14.8 Å². The van der Waals surface area contributed by atoms with Crippen LogP contribution in [0.5, 0.6) is 0 Å². The van der Waals surface area contributed by atoms with E-state index in [2.05, 4.69) is 10.1 Å². The van der Waals surface area contributed by atoms with Gasteiger partial charge in [-0.2, -0.15) is 5.10 Å². The molecule has 0 unspecified atom stereocenters. The summed E-state index contributed by atoms with van der Waals surface area (Å²) >= 11 is 5.92. The Bertz CT molecular complexity index is 459. The van der Waals surface area contributed by atoms with Crippen molar-refractivity contribution in [3.63, 3.8) is 0 Å². The molecule has 2 N–H and O–H groups in total. The van der Waals surface area contributed by atoms with E-state index in [0.717, 1.165) is 17.2 Å². The molecule has 2 aromatic heterocycles. The van der Waals surface area contributed by atoms with Crippen LogP contribution in [-0.4, -0.2) is 14.8 Å². The molecular formula is C10H11ClN4. The van der Waals surface area contributed by atoms with Crippen LogP contribution in [-0.2, 0) is 6.54 Å². The molecule has 0 atom stereocenters. The lowest BCUT2D eigenvalue weighted by molar-refractivity contribution is 0.817. The molecule has 2 aromatic rings. The minimum Gasteiger partial charge on any atom is -0.325 e. The molecule has 0 aromatic carbocycles. The van der Waals surface area contributed by atoms with Crippen LogP contribution in [0.25, 0.3) is 5.82 Å². The van der Waals surface area contributed by atoms with Gasteiger partial charge in [0.05, 0.1) is 22.6 Å². The third-order valence-corrected chi connectivity index (χ3v) is 2.45. The van der Waals surface area contributed by atoms with Gasteiger partial charge in [-0.05, 0) is 19.1 Å². The fourth-order valence-electron chi connectivity index (χ4n) is 1.26. The number of pyridine rings is 1. The molecule has 78 valence electrons. The Morgan fingerprint density at radius 2 is 2.27 bits per heavy atom. The van der Waals surface area contributed by atoms with Crippen molar-refractivity contribution >= 4 is 11.6 Å². The molecule has 2 rings (SSSR count). The molecule has 15 heavy (non-hydrogen) atoms. The van der Waals surface area contributed by atoms with Crippen molar-refractivity contribution in [2.75, 3.05) is 0 Å². The van der Waals surface area contributed by atoms with E-state index >= 15 is 0 Å². The van der Waals surface area contributed by atoms with Gasteiger partial charge in [0, 0.05) is 6.54 Å². The maximum atomic E-state index is 5.92. The van der Waals surface area contributed by atoms with Gasteiger partial charge in [-0.1, -0.05) is 17.7 Å². The van der Waals surface area contributed by atoms with Crippen molar-refractivity contribution in [3.05, 3.63) is 40.8 Å². The van der Waals surface area contributed by atoms with Gasteiger partial charge < -0.3 is 5.73 Å². The van der Waals surface area contributed by atoms with Crippen LogP contribution in [0.3, 0.4) is 0 Å². The Hall–Kier alpha value is -1.39. The smallest absolute Gasteiger partial charge is 0.153 e. The molecule has 0 amide bonds. The monoisotopic (exact) mass is 222 g/mol.